The zero-order chi connectivity index (χ0) is 35.1. The van der Waals surface area contributed by atoms with Gasteiger partial charge in [-0.3, -0.25) is 0 Å². The Bertz CT molecular complexity index is 2940. The quantitative estimate of drug-likeness (QED) is 0.173. The van der Waals surface area contributed by atoms with E-state index in [1.807, 2.05) is 29.5 Å². The van der Waals surface area contributed by atoms with E-state index < -0.39 is 0 Å². The summed E-state index contributed by atoms with van der Waals surface area (Å²) in [5.41, 5.74) is 11.9. The second-order valence-electron chi connectivity index (χ2n) is 13.4. The molecule has 0 N–H and O–H groups in total. The lowest BCUT2D eigenvalue weighted by Crippen LogP contribution is -1.97. The molecule has 0 radical (unpaired) electrons. The Morgan fingerprint density at radius 1 is 0.302 bits per heavy atom. The Kier molecular flexibility index (Phi) is 7.71. The van der Waals surface area contributed by atoms with Gasteiger partial charge in [-0.2, -0.15) is 0 Å². The van der Waals surface area contributed by atoms with Gasteiger partial charge in [0.25, 0.3) is 0 Å². The molecule has 8 aromatic carbocycles. The summed E-state index contributed by atoms with van der Waals surface area (Å²) in [6.07, 6.45) is 0. The van der Waals surface area contributed by atoms with Crippen molar-refractivity contribution in [3.8, 4) is 67.3 Å². The summed E-state index contributed by atoms with van der Waals surface area (Å²) in [4.78, 5) is 10.5. The average Bonchev–Trinajstić information content (AvgIpc) is 3.62. The molecule has 0 fully saturated rings. The van der Waals surface area contributed by atoms with Crippen molar-refractivity contribution in [3.63, 3.8) is 0 Å². The van der Waals surface area contributed by atoms with Gasteiger partial charge in [0.15, 0.2) is 5.82 Å². The first-order valence-electron chi connectivity index (χ1n) is 17.9. The van der Waals surface area contributed by atoms with Gasteiger partial charge in [0.2, 0.25) is 0 Å². The van der Waals surface area contributed by atoms with Gasteiger partial charge in [-0.15, -0.1) is 11.3 Å². The van der Waals surface area contributed by atoms with Crippen LogP contribution in [-0.4, -0.2) is 9.97 Å². The zero-order valence-corrected chi connectivity index (χ0v) is 29.6. The summed E-state index contributed by atoms with van der Waals surface area (Å²) in [5, 5.41) is 4.93. The monoisotopic (exact) mass is 692 g/mol. The largest absolute Gasteiger partial charge is 0.228 e. The van der Waals surface area contributed by atoms with Gasteiger partial charge in [0.1, 0.15) is 0 Å². The predicted octanol–water partition coefficient (Wildman–Crippen LogP) is 14.0. The Hall–Kier alpha value is -6.68. The molecular formula is C50H32N2S. The van der Waals surface area contributed by atoms with Crippen molar-refractivity contribution in [2.24, 2.45) is 0 Å². The molecule has 10 rings (SSSR count). The van der Waals surface area contributed by atoms with E-state index in [0.29, 0.717) is 5.82 Å². The van der Waals surface area contributed by atoms with Gasteiger partial charge in [0, 0.05) is 36.9 Å². The lowest BCUT2D eigenvalue weighted by atomic mass is 9.92. The van der Waals surface area contributed by atoms with E-state index in [2.05, 4.69) is 176 Å². The van der Waals surface area contributed by atoms with Crippen molar-refractivity contribution in [1.82, 2.24) is 9.97 Å². The van der Waals surface area contributed by atoms with Crippen molar-refractivity contribution in [1.29, 1.82) is 0 Å². The highest BCUT2D eigenvalue weighted by Gasteiger charge is 2.16. The van der Waals surface area contributed by atoms with E-state index in [-0.39, 0.29) is 0 Å². The molecule has 0 saturated heterocycles. The van der Waals surface area contributed by atoms with Crippen LogP contribution < -0.4 is 0 Å². The minimum absolute atomic E-state index is 0.704. The van der Waals surface area contributed by atoms with E-state index in [4.69, 9.17) is 9.97 Å². The Balaban J connectivity index is 1.21. The standard InChI is InChI=1S/C50H32N2S/c1-3-13-33(14-4-1)36-19-11-20-37(27-36)39-28-40(38-25-26-49-45(31-38)44-22-9-10-24-48(44)53-49)30-41(29-39)46-32-47(52-50(51-46)35-16-5-2-6-17-35)43-23-12-18-34-15-7-8-21-42(34)43/h1-32H. The maximum Gasteiger partial charge on any atom is 0.160 e. The molecule has 0 spiro atoms. The molecule has 2 nitrogen and oxygen atoms in total. The summed E-state index contributed by atoms with van der Waals surface area (Å²) in [6.45, 7) is 0. The molecule has 0 aliphatic carbocycles. The van der Waals surface area contributed by atoms with E-state index in [1.54, 1.807) is 0 Å². The van der Waals surface area contributed by atoms with Gasteiger partial charge >= 0.3 is 0 Å². The summed E-state index contributed by atoms with van der Waals surface area (Å²) < 4.78 is 2.60. The second-order valence-corrected chi connectivity index (χ2v) is 14.5. The highest BCUT2D eigenvalue weighted by atomic mass is 32.1. The lowest BCUT2D eigenvalue weighted by Gasteiger charge is -2.14. The second kappa shape index (κ2) is 13.1. The SMILES string of the molecule is c1ccc(-c2cccc(-c3cc(-c4ccc5sc6ccccc6c5c4)cc(-c4cc(-c5cccc6ccccc56)nc(-c5ccccc5)n4)c3)c2)cc1. The lowest BCUT2D eigenvalue weighted by molar-refractivity contribution is 1.18. The molecule has 248 valence electrons. The van der Waals surface area contributed by atoms with Crippen LogP contribution in [0.15, 0.2) is 194 Å². The molecule has 53 heavy (non-hydrogen) atoms. The molecular weight excluding hydrogens is 661 g/mol. The molecule has 0 aliphatic rings. The summed E-state index contributed by atoms with van der Waals surface area (Å²) in [7, 11) is 0. The number of hydrogen-bond donors (Lipinski definition) is 0. The van der Waals surface area contributed by atoms with Gasteiger partial charge in [-0.05, 0) is 92.7 Å². The van der Waals surface area contributed by atoms with E-state index in [1.165, 1.54) is 47.6 Å². The van der Waals surface area contributed by atoms with Gasteiger partial charge in [-0.25, -0.2) is 9.97 Å². The first kappa shape index (κ1) is 31.1. The highest BCUT2D eigenvalue weighted by Crippen LogP contribution is 2.40. The first-order valence-corrected chi connectivity index (χ1v) is 18.7. The van der Waals surface area contributed by atoms with Crippen molar-refractivity contribution in [2.75, 3.05) is 0 Å². The third-order valence-corrected chi connectivity index (χ3v) is 11.2. The highest BCUT2D eigenvalue weighted by molar-refractivity contribution is 7.25. The summed E-state index contributed by atoms with van der Waals surface area (Å²) in [6, 6.07) is 69.4. The zero-order valence-electron chi connectivity index (χ0n) is 28.8. The van der Waals surface area contributed by atoms with E-state index in [0.717, 1.165) is 44.8 Å². The third-order valence-electron chi connectivity index (χ3n) is 10.1. The van der Waals surface area contributed by atoms with Crippen molar-refractivity contribution >= 4 is 42.3 Å². The van der Waals surface area contributed by atoms with Crippen molar-refractivity contribution in [3.05, 3.63) is 194 Å². The molecule has 0 atom stereocenters. The van der Waals surface area contributed by atoms with Gasteiger partial charge < -0.3 is 0 Å². The number of rotatable bonds is 6. The average molecular weight is 693 g/mol. The van der Waals surface area contributed by atoms with Crippen LogP contribution in [-0.2, 0) is 0 Å². The molecule has 3 heteroatoms. The molecule has 0 saturated carbocycles. The maximum absolute atomic E-state index is 5.29. The molecule has 0 unspecified atom stereocenters. The maximum atomic E-state index is 5.29. The number of benzene rings is 8. The van der Waals surface area contributed by atoms with Crippen LogP contribution in [0.5, 0.6) is 0 Å². The summed E-state index contributed by atoms with van der Waals surface area (Å²) in [5.74, 6) is 0.704. The smallest absolute Gasteiger partial charge is 0.160 e. The Morgan fingerprint density at radius 2 is 0.849 bits per heavy atom. The van der Waals surface area contributed by atoms with Crippen LogP contribution in [0.2, 0.25) is 0 Å². The van der Waals surface area contributed by atoms with Crippen LogP contribution in [0.25, 0.3) is 98.2 Å². The van der Waals surface area contributed by atoms with Crippen LogP contribution >= 0.6 is 11.3 Å². The minimum Gasteiger partial charge on any atom is -0.228 e. The third kappa shape index (κ3) is 5.87. The molecule has 2 aromatic heterocycles. The van der Waals surface area contributed by atoms with E-state index in [9.17, 15) is 0 Å². The van der Waals surface area contributed by atoms with Crippen LogP contribution in [0.1, 0.15) is 0 Å². The first-order chi connectivity index (χ1) is 26.2. The van der Waals surface area contributed by atoms with Crippen molar-refractivity contribution in [2.45, 2.75) is 0 Å². The topological polar surface area (TPSA) is 25.8 Å². The minimum atomic E-state index is 0.704. The normalized spacial score (nSPS) is 11.4. The molecule has 0 aliphatic heterocycles. The predicted molar refractivity (Wildman–Crippen MR) is 225 cm³/mol. The Labute approximate surface area is 312 Å². The fourth-order valence-corrected chi connectivity index (χ4v) is 8.51. The number of nitrogens with zero attached hydrogens (tertiary/aromatic N) is 2. The fraction of sp³-hybridized carbons (Fsp3) is 0. The fourth-order valence-electron chi connectivity index (χ4n) is 7.42. The molecule has 0 bridgehead atoms. The number of hydrogen-bond acceptors (Lipinski definition) is 3. The van der Waals surface area contributed by atoms with Gasteiger partial charge in [0.05, 0.1) is 11.4 Å². The molecule has 0 amide bonds. The number of thiophene rings is 1. The Morgan fingerprint density at radius 3 is 1.66 bits per heavy atom. The number of fused-ring (bicyclic) bond motifs is 4. The molecule has 10 aromatic rings. The van der Waals surface area contributed by atoms with E-state index >= 15 is 0 Å². The van der Waals surface area contributed by atoms with Crippen LogP contribution in [0, 0.1) is 0 Å². The molecule has 2 heterocycles. The number of aromatic nitrogens is 2. The summed E-state index contributed by atoms with van der Waals surface area (Å²) >= 11 is 1.85. The van der Waals surface area contributed by atoms with Crippen LogP contribution in [0.3, 0.4) is 0 Å². The van der Waals surface area contributed by atoms with Crippen molar-refractivity contribution < 1.29 is 0 Å². The van der Waals surface area contributed by atoms with Gasteiger partial charge in [-0.1, -0.05) is 146 Å². The van der Waals surface area contributed by atoms with Crippen LogP contribution in [0.4, 0.5) is 0 Å².